The molecule has 1 aliphatic heterocycles. The van der Waals surface area contributed by atoms with Gasteiger partial charge in [-0.1, -0.05) is 23.2 Å². The van der Waals surface area contributed by atoms with Crippen LogP contribution >= 0.6 is 23.2 Å². The number of likely N-dealkylation sites (tertiary alicyclic amines) is 1. The molecule has 1 fully saturated rings. The number of alkyl halides is 3. The zero-order valence-electron chi connectivity index (χ0n) is 17.2. The summed E-state index contributed by atoms with van der Waals surface area (Å²) in [6.45, 7) is 1.20. The van der Waals surface area contributed by atoms with Crippen LogP contribution in [-0.2, 0) is 6.18 Å². The van der Waals surface area contributed by atoms with Gasteiger partial charge in [0, 0.05) is 38.4 Å². The van der Waals surface area contributed by atoms with E-state index in [1.165, 1.54) is 4.98 Å². The number of aliphatic hydroxyl groups is 1. The average molecular weight is 509 g/mol. The monoisotopic (exact) mass is 508 g/mol. The van der Waals surface area contributed by atoms with E-state index in [1.54, 1.807) is 18.2 Å². The van der Waals surface area contributed by atoms with Crippen molar-refractivity contribution in [2.24, 2.45) is 0 Å². The minimum Gasteiger partial charge on any atom is -0.490 e. The molecule has 1 aromatic heterocycles. The molecule has 33 heavy (non-hydrogen) atoms. The number of carbonyl (C=O) groups excluding carboxylic acids is 1. The summed E-state index contributed by atoms with van der Waals surface area (Å²) in [4.78, 5) is 29.9. The topological polar surface area (TPSA) is 108 Å². The molecule has 1 atom stereocenters. The fourth-order valence-electron chi connectivity index (χ4n) is 3.41. The van der Waals surface area contributed by atoms with Gasteiger partial charge in [0.05, 0.1) is 21.7 Å². The van der Waals surface area contributed by atoms with Crippen LogP contribution in [0.25, 0.3) is 0 Å². The van der Waals surface area contributed by atoms with Gasteiger partial charge < -0.3 is 25.0 Å². The number of carbonyl (C=O) groups is 1. The molecule has 1 amide bonds. The fourth-order valence-corrected chi connectivity index (χ4v) is 3.70. The first-order valence-corrected chi connectivity index (χ1v) is 10.8. The molecule has 1 saturated heterocycles. The third-order valence-corrected chi connectivity index (χ3v) is 5.77. The Morgan fingerprint density at radius 3 is 2.64 bits per heavy atom. The summed E-state index contributed by atoms with van der Waals surface area (Å²) < 4.78 is 45.0. The van der Waals surface area contributed by atoms with Crippen molar-refractivity contribution >= 4 is 29.1 Å². The van der Waals surface area contributed by atoms with Crippen LogP contribution in [0.1, 0.15) is 28.9 Å². The first-order valence-electron chi connectivity index (χ1n) is 9.99. The minimum atomic E-state index is -4.93. The highest BCUT2D eigenvalue weighted by molar-refractivity contribution is 6.42. The fraction of sp³-hybridized carbons (Fsp3) is 0.450. The Hall–Kier alpha value is -2.34. The van der Waals surface area contributed by atoms with Crippen LogP contribution in [0, 0.1) is 0 Å². The summed E-state index contributed by atoms with van der Waals surface area (Å²) in [6.07, 6.45) is -4.04. The number of ether oxygens (including phenoxy) is 1. The van der Waals surface area contributed by atoms with Crippen LogP contribution in [0.5, 0.6) is 5.75 Å². The van der Waals surface area contributed by atoms with Gasteiger partial charge in [0.1, 0.15) is 17.5 Å². The molecule has 1 unspecified atom stereocenters. The summed E-state index contributed by atoms with van der Waals surface area (Å²) in [6, 6.07) is 5.03. The van der Waals surface area contributed by atoms with Crippen molar-refractivity contribution in [2.75, 3.05) is 26.2 Å². The molecule has 0 saturated carbocycles. The van der Waals surface area contributed by atoms with E-state index < -0.39 is 35.1 Å². The second kappa shape index (κ2) is 10.7. The molecule has 0 bridgehead atoms. The number of aromatic nitrogens is 2. The number of nitrogens with zero attached hydrogens (tertiary/aromatic N) is 2. The van der Waals surface area contributed by atoms with Crippen LogP contribution < -0.4 is 15.7 Å². The highest BCUT2D eigenvalue weighted by Crippen LogP contribution is 2.29. The third-order valence-electron chi connectivity index (χ3n) is 5.04. The molecule has 1 aromatic carbocycles. The number of piperidine rings is 1. The van der Waals surface area contributed by atoms with Gasteiger partial charge in [-0.2, -0.15) is 13.2 Å². The summed E-state index contributed by atoms with van der Waals surface area (Å²) in [7, 11) is 0. The van der Waals surface area contributed by atoms with Crippen LogP contribution in [0.15, 0.2) is 29.2 Å². The summed E-state index contributed by atoms with van der Waals surface area (Å²) in [5, 5.41) is 13.3. The Morgan fingerprint density at radius 1 is 1.30 bits per heavy atom. The summed E-state index contributed by atoms with van der Waals surface area (Å²) in [5.41, 5.74) is -3.53. The van der Waals surface area contributed by atoms with Crippen molar-refractivity contribution in [2.45, 2.75) is 31.2 Å². The Labute approximate surface area is 196 Å². The molecule has 3 N–H and O–H groups in total. The molecule has 1 aliphatic rings. The van der Waals surface area contributed by atoms with E-state index in [0.29, 0.717) is 47.9 Å². The number of benzene rings is 1. The van der Waals surface area contributed by atoms with Gasteiger partial charge in [0.2, 0.25) is 0 Å². The third kappa shape index (κ3) is 7.07. The van der Waals surface area contributed by atoms with E-state index in [-0.39, 0.29) is 19.2 Å². The van der Waals surface area contributed by atoms with Crippen molar-refractivity contribution in [1.29, 1.82) is 0 Å². The number of hydrogen-bond acceptors (Lipinski definition) is 6. The van der Waals surface area contributed by atoms with E-state index in [9.17, 15) is 27.9 Å². The van der Waals surface area contributed by atoms with Gasteiger partial charge in [-0.05, 0) is 25.0 Å². The van der Waals surface area contributed by atoms with Crippen molar-refractivity contribution in [3.8, 4) is 5.75 Å². The lowest BCUT2D eigenvalue weighted by Crippen LogP contribution is -2.45. The van der Waals surface area contributed by atoms with Gasteiger partial charge in [0.25, 0.3) is 5.91 Å². The van der Waals surface area contributed by atoms with Crippen LogP contribution in [-0.4, -0.2) is 64.3 Å². The lowest BCUT2D eigenvalue weighted by Gasteiger charge is -2.33. The maximum atomic E-state index is 13.0. The quantitative estimate of drug-likeness (QED) is 0.530. The van der Waals surface area contributed by atoms with Crippen molar-refractivity contribution in [1.82, 2.24) is 20.2 Å². The molecule has 180 valence electrons. The number of hydrogen-bond donors (Lipinski definition) is 3. The number of aromatic amines is 1. The lowest BCUT2D eigenvalue weighted by molar-refractivity contribution is -0.141. The number of aliphatic hydroxyl groups excluding tert-OH is 1. The van der Waals surface area contributed by atoms with Gasteiger partial charge >= 0.3 is 11.9 Å². The van der Waals surface area contributed by atoms with Crippen molar-refractivity contribution in [3.63, 3.8) is 0 Å². The highest BCUT2D eigenvalue weighted by atomic mass is 35.5. The van der Waals surface area contributed by atoms with E-state index in [0.717, 1.165) is 0 Å². The number of nitrogens with one attached hydrogen (secondary N) is 2. The number of halogens is 5. The van der Waals surface area contributed by atoms with Gasteiger partial charge in [0.15, 0.2) is 0 Å². The zero-order valence-corrected chi connectivity index (χ0v) is 18.7. The molecule has 0 aliphatic carbocycles. The maximum absolute atomic E-state index is 13.0. The van der Waals surface area contributed by atoms with Crippen LogP contribution in [0.4, 0.5) is 13.2 Å². The average Bonchev–Trinajstić information content (AvgIpc) is 2.75. The Bertz CT molecular complexity index is 1040. The molecule has 3 rings (SSSR count). The summed E-state index contributed by atoms with van der Waals surface area (Å²) in [5.74, 6) is -0.487. The number of H-pyrrole nitrogens is 1. The Morgan fingerprint density at radius 2 is 2.00 bits per heavy atom. The SMILES string of the molecule is O=C(NCC(O)CN1CCC(Oc2ccc(Cl)c(Cl)c2)CC1)c1cnc(=O)[nH]c1C(F)(F)F. The number of amides is 1. The normalized spacial score (nSPS) is 16.4. The first kappa shape index (κ1) is 25.3. The minimum absolute atomic E-state index is 0.0381. The zero-order chi connectivity index (χ0) is 24.2. The molecule has 2 aromatic rings. The van der Waals surface area contributed by atoms with Crippen molar-refractivity contribution < 1.29 is 27.8 Å². The second-order valence-corrected chi connectivity index (χ2v) is 8.35. The molecule has 8 nitrogen and oxygen atoms in total. The summed E-state index contributed by atoms with van der Waals surface area (Å²) >= 11 is 11.9. The van der Waals surface area contributed by atoms with Gasteiger partial charge in [-0.15, -0.1) is 0 Å². The lowest BCUT2D eigenvalue weighted by atomic mass is 10.1. The molecule has 0 spiro atoms. The van der Waals surface area contributed by atoms with Crippen LogP contribution in [0.3, 0.4) is 0 Å². The molecular weight excluding hydrogens is 488 g/mol. The predicted molar refractivity (Wildman–Crippen MR) is 115 cm³/mol. The molecule has 0 radical (unpaired) electrons. The van der Waals surface area contributed by atoms with E-state index in [1.807, 2.05) is 4.90 Å². The first-order chi connectivity index (χ1) is 15.5. The predicted octanol–water partition coefficient (Wildman–Crippen LogP) is 2.73. The van der Waals surface area contributed by atoms with Gasteiger partial charge in [-0.3, -0.25) is 4.79 Å². The molecule has 2 heterocycles. The smallest absolute Gasteiger partial charge is 0.432 e. The van der Waals surface area contributed by atoms with E-state index >= 15 is 0 Å². The van der Waals surface area contributed by atoms with E-state index in [4.69, 9.17) is 27.9 Å². The molecule has 13 heteroatoms. The highest BCUT2D eigenvalue weighted by Gasteiger charge is 2.37. The Balaban J connectivity index is 1.45. The van der Waals surface area contributed by atoms with Gasteiger partial charge in [-0.25, -0.2) is 9.78 Å². The van der Waals surface area contributed by atoms with E-state index in [2.05, 4.69) is 10.3 Å². The second-order valence-electron chi connectivity index (χ2n) is 7.53. The standard InChI is InChI=1S/C20H21Cl2F3N4O4/c21-15-2-1-13(7-16(15)22)33-12-3-5-29(6-4-12)10-11(30)8-26-18(31)14-9-27-19(32)28-17(14)20(23,24)25/h1-2,7,9,11-12,30H,3-6,8,10H2,(H,26,31)(H,27,28,32). The Kier molecular flexibility index (Phi) is 8.22. The van der Waals surface area contributed by atoms with Crippen molar-refractivity contribution in [3.05, 3.63) is 56.2 Å². The number of rotatable bonds is 7. The largest absolute Gasteiger partial charge is 0.490 e. The van der Waals surface area contributed by atoms with Crippen LogP contribution in [0.2, 0.25) is 10.0 Å². The maximum Gasteiger partial charge on any atom is 0.432 e. The number of β-amino-alcohol motifs (C(OH)–C–C–N with tert-alkyl or cyclic N) is 1. The molecular formula is C20H21Cl2F3N4O4.